The molecule has 0 aliphatic heterocycles. The Balaban J connectivity index is 1.97. The Morgan fingerprint density at radius 1 is 1.10 bits per heavy atom. The summed E-state index contributed by atoms with van der Waals surface area (Å²) >= 11 is 3.56. The first-order valence-electron chi connectivity index (χ1n) is 6.69. The van der Waals surface area contributed by atoms with Crippen LogP contribution in [0.4, 0.5) is 10.1 Å². The van der Waals surface area contributed by atoms with Crippen molar-refractivity contribution >= 4 is 32.4 Å². The van der Waals surface area contributed by atoms with Gasteiger partial charge in [0.1, 0.15) is 5.82 Å². The number of rotatable bonds is 3. The summed E-state index contributed by atoms with van der Waals surface area (Å²) < 4.78 is 14.3. The van der Waals surface area contributed by atoms with E-state index in [1.54, 1.807) is 6.20 Å². The minimum Gasteiger partial charge on any atom is -0.378 e. The van der Waals surface area contributed by atoms with Gasteiger partial charge >= 0.3 is 0 Å². The van der Waals surface area contributed by atoms with E-state index in [0.29, 0.717) is 0 Å². The highest BCUT2D eigenvalue weighted by Gasteiger charge is 2.10. The minimum atomic E-state index is -0.318. The van der Waals surface area contributed by atoms with E-state index in [1.165, 1.54) is 12.3 Å². The maximum absolute atomic E-state index is 13.3. The first kappa shape index (κ1) is 14.0. The smallest absolute Gasteiger partial charge is 0.141 e. The van der Waals surface area contributed by atoms with Gasteiger partial charge in [0.2, 0.25) is 0 Å². The number of aromatic nitrogens is 1. The number of pyridine rings is 1. The highest BCUT2D eigenvalue weighted by molar-refractivity contribution is 9.10. The fourth-order valence-corrected chi connectivity index (χ4v) is 2.85. The number of nitrogens with one attached hydrogen (secondary N) is 1. The molecule has 106 valence electrons. The zero-order valence-electron chi connectivity index (χ0n) is 11.5. The van der Waals surface area contributed by atoms with Crippen molar-refractivity contribution in [3.8, 4) is 0 Å². The van der Waals surface area contributed by atoms with Crippen molar-refractivity contribution < 1.29 is 4.39 Å². The van der Waals surface area contributed by atoms with Crippen LogP contribution in [0, 0.1) is 5.82 Å². The lowest BCUT2D eigenvalue weighted by atomic mass is 10.1. The second-order valence-corrected chi connectivity index (χ2v) is 5.80. The SMILES string of the molecule is CC(Nc1ccc(Br)c2ccccc12)c1cncc(F)c1. The van der Waals surface area contributed by atoms with Crippen LogP contribution in [0.3, 0.4) is 0 Å². The highest BCUT2D eigenvalue weighted by Crippen LogP contribution is 2.31. The monoisotopic (exact) mass is 344 g/mol. The summed E-state index contributed by atoms with van der Waals surface area (Å²) in [6.45, 7) is 1.99. The van der Waals surface area contributed by atoms with Crippen LogP contribution in [-0.2, 0) is 0 Å². The second-order valence-electron chi connectivity index (χ2n) is 4.94. The van der Waals surface area contributed by atoms with Crippen LogP contribution >= 0.6 is 15.9 Å². The topological polar surface area (TPSA) is 24.9 Å². The minimum absolute atomic E-state index is 0.0298. The Bertz CT molecular complexity index is 789. The molecule has 21 heavy (non-hydrogen) atoms. The van der Waals surface area contributed by atoms with Gasteiger partial charge in [0.25, 0.3) is 0 Å². The zero-order valence-corrected chi connectivity index (χ0v) is 13.1. The van der Waals surface area contributed by atoms with Gasteiger partial charge in [0.05, 0.1) is 12.2 Å². The molecule has 0 spiro atoms. The first-order valence-corrected chi connectivity index (χ1v) is 7.48. The van der Waals surface area contributed by atoms with Crippen molar-refractivity contribution in [1.82, 2.24) is 4.98 Å². The predicted octanol–water partition coefficient (Wildman–Crippen LogP) is 5.31. The van der Waals surface area contributed by atoms with Gasteiger partial charge in [-0.3, -0.25) is 4.98 Å². The molecule has 2 aromatic carbocycles. The molecule has 1 atom stereocenters. The third-order valence-electron chi connectivity index (χ3n) is 3.47. The zero-order chi connectivity index (χ0) is 14.8. The molecule has 1 N–H and O–H groups in total. The number of nitrogens with zero attached hydrogens (tertiary/aromatic N) is 1. The molecular weight excluding hydrogens is 331 g/mol. The second kappa shape index (κ2) is 5.82. The van der Waals surface area contributed by atoms with Gasteiger partial charge in [-0.25, -0.2) is 4.39 Å². The first-order chi connectivity index (χ1) is 10.1. The molecule has 0 bridgehead atoms. The van der Waals surface area contributed by atoms with Crippen LogP contribution < -0.4 is 5.32 Å². The molecule has 4 heteroatoms. The van der Waals surface area contributed by atoms with Gasteiger partial charge in [0, 0.05) is 21.7 Å². The Morgan fingerprint density at radius 3 is 2.62 bits per heavy atom. The summed E-state index contributed by atoms with van der Waals surface area (Å²) in [5.74, 6) is -0.318. The third kappa shape index (κ3) is 2.90. The molecule has 0 radical (unpaired) electrons. The number of halogens is 2. The molecule has 2 nitrogen and oxygen atoms in total. The lowest BCUT2D eigenvalue weighted by Crippen LogP contribution is -2.07. The molecule has 0 saturated heterocycles. The average Bonchev–Trinajstić information content (AvgIpc) is 2.50. The van der Waals surface area contributed by atoms with Gasteiger partial charge in [-0.05, 0) is 36.1 Å². The Labute approximate surface area is 131 Å². The number of hydrogen-bond donors (Lipinski definition) is 1. The predicted molar refractivity (Wildman–Crippen MR) is 87.9 cm³/mol. The Kier molecular flexibility index (Phi) is 3.88. The maximum atomic E-state index is 13.3. The quantitative estimate of drug-likeness (QED) is 0.696. The molecule has 0 fully saturated rings. The molecule has 1 unspecified atom stereocenters. The van der Waals surface area contributed by atoms with Crippen molar-refractivity contribution in [2.24, 2.45) is 0 Å². The van der Waals surface area contributed by atoms with Crippen LogP contribution in [0.25, 0.3) is 10.8 Å². The summed E-state index contributed by atoms with van der Waals surface area (Å²) in [6.07, 6.45) is 2.90. The summed E-state index contributed by atoms with van der Waals surface area (Å²) in [6, 6.07) is 13.7. The average molecular weight is 345 g/mol. The Hall–Kier alpha value is -1.94. The summed E-state index contributed by atoms with van der Waals surface area (Å²) in [4.78, 5) is 3.90. The van der Waals surface area contributed by atoms with E-state index in [2.05, 4.69) is 38.4 Å². The van der Waals surface area contributed by atoms with Gasteiger partial charge in [-0.15, -0.1) is 0 Å². The van der Waals surface area contributed by atoms with Crippen LogP contribution in [-0.4, -0.2) is 4.98 Å². The van der Waals surface area contributed by atoms with Gasteiger partial charge in [-0.2, -0.15) is 0 Å². The summed E-state index contributed by atoms with van der Waals surface area (Å²) in [5.41, 5.74) is 1.84. The Morgan fingerprint density at radius 2 is 1.86 bits per heavy atom. The molecule has 3 aromatic rings. The summed E-state index contributed by atoms with van der Waals surface area (Å²) in [5, 5.41) is 5.70. The molecule has 1 heterocycles. The number of anilines is 1. The molecule has 0 saturated carbocycles. The van der Waals surface area contributed by atoms with E-state index in [9.17, 15) is 4.39 Å². The van der Waals surface area contributed by atoms with Crippen LogP contribution in [0.5, 0.6) is 0 Å². The van der Waals surface area contributed by atoms with Crippen molar-refractivity contribution in [2.75, 3.05) is 5.32 Å². The molecule has 0 aliphatic rings. The normalized spacial score (nSPS) is 12.3. The van der Waals surface area contributed by atoms with Crippen LogP contribution in [0.1, 0.15) is 18.5 Å². The van der Waals surface area contributed by atoms with Crippen molar-refractivity contribution in [1.29, 1.82) is 0 Å². The van der Waals surface area contributed by atoms with E-state index in [-0.39, 0.29) is 11.9 Å². The van der Waals surface area contributed by atoms with Crippen LogP contribution in [0.15, 0.2) is 59.3 Å². The highest BCUT2D eigenvalue weighted by atomic mass is 79.9. The van der Waals surface area contributed by atoms with E-state index in [1.807, 2.05) is 31.2 Å². The molecule has 0 aliphatic carbocycles. The van der Waals surface area contributed by atoms with Gasteiger partial charge < -0.3 is 5.32 Å². The standard InChI is InChI=1S/C17H14BrFN2/c1-11(12-8-13(19)10-20-9-12)21-17-7-6-16(18)14-4-2-3-5-15(14)17/h2-11,21H,1H3. The lowest BCUT2D eigenvalue weighted by Gasteiger charge is -2.17. The van der Waals surface area contributed by atoms with E-state index in [0.717, 1.165) is 26.5 Å². The largest absolute Gasteiger partial charge is 0.378 e. The molecular formula is C17H14BrFN2. The van der Waals surface area contributed by atoms with Gasteiger partial charge in [-0.1, -0.05) is 40.2 Å². The number of benzene rings is 2. The van der Waals surface area contributed by atoms with Crippen molar-refractivity contribution in [3.05, 3.63) is 70.7 Å². The fourth-order valence-electron chi connectivity index (χ4n) is 2.37. The molecule has 3 rings (SSSR count). The summed E-state index contributed by atoms with van der Waals surface area (Å²) in [7, 11) is 0. The fraction of sp³-hybridized carbons (Fsp3) is 0.118. The van der Waals surface area contributed by atoms with Crippen LogP contribution in [0.2, 0.25) is 0 Å². The van der Waals surface area contributed by atoms with E-state index in [4.69, 9.17) is 0 Å². The van der Waals surface area contributed by atoms with E-state index >= 15 is 0 Å². The maximum Gasteiger partial charge on any atom is 0.141 e. The third-order valence-corrected chi connectivity index (χ3v) is 4.16. The van der Waals surface area contributed by atoms with E-state index < -0.39 is 0 Å². The molecule has 1 aromatic heterocycles. The van der Waals surface area contributed by atoms with Crippen molar-refractivity contribution in [3.63, 3.8) is 0 Å². The number of hydrogen-bond acceptors (Lipinski definition) is 2. The van der Waals surface area contributed by atoms with Gasteiger partial charge in [0.15, 0.2) is 0 Å². The molecule has 0 amide bonds. The number of fused-ring (bicyclic) bond motifs is 1. The van der Waals surface area contributed by atoms with Crippen molar-refractivity contribution in [2.45, 2.75) is 13.0 Å². The lowest BCUT2D eigenvalue weighted by molar-refractivity contribution is 0.616.